The summed E-state index contributed by atoms with van der Waals surface area (Å²) in [7, 11) is 1.43. The monoisotopic (exact) mass is 974 g/mol. The second kappa shape index (κ2) is 19.8. The van der Waals surface area contributed by atoms with Crippen molar-refractivity contribution in [3.8, 4) is 34.8 Å². The molecule has 5 aromatic rings. The van der Waals surface area contributed by atoms with Crippen molar-refractivity contribution in [3.05, 3.63) is 114 Å². The molecule has 0 fully saturated rings. The van der Waals surface area contributed by atoms with Gasteiger partial charge in [-0.05, 0) is 36.2 Å². The molecule has 19 heteroatoms. The molecule has 52 heavy (non-hydrogen) atoms. The Bertz CT molecular complexity index is 2120. The summed E-state index contributed by atoms with van der Waals surface area (Å²) < 4.78 is 68.5. The second-order valence-corrected chi connectivity index (χ2v) is 17.1. The highest BCUT2D eigenvalue weighted by molar-refractivity contribution is 9.10. The van der Waals surface area contributed by atoms with Crippen LogP contribution in [0.5, 0.6) is 34.8 Å². The van der Waals surface area contributed by atoms with Crippen LogP contribution in [0.1, 0.15) is 25.3 Å². The van der Waals surface area contributed by atoms with E-state index in [-0.39, 0.29) is 71.2 Å². The normalized spacial score (nSPS) is 11.6. The fourth-order valence-corrected chi connectivity index (χ4v) is 8.00. The third kappa shape index (κ3) is 12.3. The van der Waals surface area contributed by atoms with Crippen molar-refractivity contribution >= 4 is 109 Å². The Morgan fingerprint density at radius 1 is 0.769 bits per heavy atom. The Hall–Kier alpha value is -2.37. The fraction of sp³-hybridized carbons (Fsp3) is 0.152. The molecule has 2 heterocycles. The zero-order chi connectivity index (χ0) is 38.0. The lowest BCUT2D eigenvalue weighted by Gasteiger charge is -2.13. The molecule has 1 unspecified atom stereocenters. The van der Waals surface area contributed by atoms with Gasteiger partial charge in [-0.2, -0.15) is 0 Å². The average molecular weight is 979 g/mol. The van der Waals surface area contributed by atoms with Gasteiger partial charge >= 0.3 is 0 Å². The number of ether oxygens (including phenoxy) is 4. The van der Waals surface area contributed by atoms with Crippen molar-refractivity contribution in [1.82, 2.24) is 9.97 Å². The van der Waals surface area contributed by atoms with Crippen molar-refractivity contribution in [2.45, 2.75) is 36.2 Å². The number of benzene rings is 3. The summed E-state index contributed by atoms with van der Waals surface area (Å²) in [4.78, 5) is 7.94. The predicted octanol–water partition coefficient (Wildman–Crippen LogP) is 12.2. The molecule has 1 atom stereocenters. The second-order valence-electron chi connectivity index (χ2n) is 10.2. The first-order valence-electron chi connectivity index (χ1n) is 14.7. The minimum Gasteiger partial charge on any atom is -0.491 e. The topological polar surface area (TPSA) is 134 Å². The Morgan fingerprint density at radius 3 is 1.75 bits per heavy atom. The van der Waals surface area contributed by atoms with Crippen molar-refractivity contribution in [3.63, 3.8) is 0 Å². The predicted molar refractivity (Wildman–Crippen MR) is 210 cm³/mol. The first kappa shape index (κ1) is 42.4. The summed E-state index contributed by atoms with van der Waals surface area (Å²) in [5.41, 5.74) is 0.856. The van der Waals surface area contributed by atoms with Crippen LogP contribution in [0.3, 0.4) is 0 Å². The molecule has 5 rings (SSSR count). The molecule has 0 aliphatic heterocycles. The lowest BCUT2D eigenvalue weighted by molar-refractivity contribution is 0.295. The van der Waals surface area contributed by atoms with E-state index in [0.29, 0.717) is 15.6 Å². The van der Waals surface area contributed by atoms with Gasteiger partial charge in [0.15, 0.2) is 34.1 Å². The third-order valence-corrected chi connectivity index (χ3v) is 10.5. The molecule has 0 saturated carbocycles. The summed E-state index contributed by atoms with van der Waals surface area (Å²) in [5, 5.41) is 1.01. The van der Waals surface area contributed by atoms with E-state index in [0.717, 1.165) is 24.5 Å². The van der Waals surface area contributed by atoms with E-state index in [4.69, 9.17) is 76.0 Å². The van der Waals surface area contributed by atoms with Gasteiger partial charge in [0, 0.05) is 31.8 Å². The third-order valence-electron chi connectivity index (χ3n) is 6.40. The highest BCUT2D eigenvalue weighted by Gasteiger charge is 2.21. The van der Waals surface area contributed by atoms with Gasteiger partial charge in [-0.3, -0.25) is 0 Å². The van der Waals surface area contributed by atoms with Crippen LogP contribution in [-0.4, -0.2) is 33.8 Å². The van der Waals surface area contributed by atoms with Gasteiger partial charge in [0.1, 0.15) is 16.4 Å². The molecule has 1 N–H and O–H groups in total. The van der Waals surface area contributed by atoms with Gasteiger partial charge in [-0.25, -0.2) is 22.6 Å². The Kier molecular flexibility index (Phi) is 16.1. The number of hydrogen-bond donors (Lipinski definition) is 1. The minimum absolute atomic E-state index is 0.000738. The number of hydrogen-bond acceptors (Lipinski definition) is 9. The zero-order valence-corrected chi connectivity index (χ0v) is 35.1. The van der Waals surface area contributed by atoms with E-state index in [1.165, 1.54) is 18.5 Å². The van der Waals surface area contributed by atoms with Crippen molar-refractivity contribution in [2.24, 2.45) is 0 Å². The number of rotatable bonds is 13. The Balaban J connectivity index is 0.000000236. The lowest BCUT2D eigenvalue weighted by Crippen LogP contribution is -2.02. The molecule has 0 aliphatic rings. The number of aromatic nitrogens is 2. The number of unbranched alkanes of at least 4 members (excludes halogenated alkanes) is 1. The fourth-order valence-electron chi connectivity index (χ4n) is 3.99. The van der Waals surface area contributed by atoms with Crippen LogP contribution in [0, 0.1) is 0 Å². The molecular formula is C33H25Br2Cl5N2O8S2. The number of nitrogens with zero attached hydrogens (tertiary/aromatic N) is 2. The largest absolute Gasteiger partial charge is 0.491 e. The van der Waals surface area contributed by atoms with Crippen LogP contribution in [-0.2, 0) is 26.7 Å². The quantitative estimate of drug-likeness (QED) is 0.0690. The van der Waals surface area contributed by atoms with Gasteiger partial charge in [-0.15, -0.1) is 0 Å². The van der Waals surface area contributed by atoms with Crippen molar-refractivity contribution in [2.75, 3.05) is 6.61 Å². The first-order chi connectivity index (χ1) is 24.7. The lowest BCUT2D eigenvalue weighted by atomic mass is 10.2. The molecule has 2 aromatic heterocycles. The summed E-state index contributed by atoms with van der Waals surface area (Å²) in [6.45, 7) is 2.61. The molecule has 0 amide bonds. The van der Waals surface area contributed by atoms with Gasteiger partial charge in [-0.1, -0.05) is 122 Å². The Labute approximate surface area is 343 Å². The molecule has 0 saturated heterocycles. The molecular weight excluding hydrogens is 954 g/mol. The minimum atomic E-state index is -4.13. The number of pyridine rings is 2. The average Bonchev–Trinajstić information content (AvgIpc) is 3.08. The summed E-state index contributed by atoms with van der Waals surface area (Å²) in [6.07, 6.45) is 4.34. The molecule has 276 valence electrons. The van der Waals surface area contributed by atoms with Gasteiger partial charge in [0.25, 0.3) is 9.05 Å². The first-order valence-corrected chi connectivity index (χ1v) is 21.2. The van der Waals surface area contributed by atoms with E-state index in [1.54, 1.807) is 24.3 Å². The molecule has 3 aromatic carbocycles. The van der Waals surface area contributed by atoms with E-state index in [2.05, 4.69) is 41.8 Å². The summed E-state index contributed by atoms with van der Waals surface area (Å²) in [6, 6.07) is 18.1. The van der Waals surface area contributed by atoms with Gasteiger partial charge in [0.2, 0.25) is 11.8 Å². The van der Waals surface area contributed by atoms with E-state index < -0.39 is 20.1 Å². The Morgan fingerprint density at radius 2 is 1.27 bits per heavy atom. The highest BCUT2D eigenvalue weighted by Crippen LogP contribution is 2.41. The standard InChI is InChI=1S/C18H11BrCl3NO4S.C15H14BrCl2NO4S/c19-12-6-13(20)18(14(21)7-12)27-17-8-16(28(22,24)25)15(9-23-17)26-10-11-4-2-1-3-5-11;1-2-3-4-22-12-8-19-14(7-13(12)24(20)21)23-15-10(17)5-9(16)6-11(15)18/h1-9H,10H2;5-8H,2-4H2,1H3,(H,20,21). The SMILES string of the molecule is CCCCOc1cnc(Oc2c(Cl)cc(Br)cc2Cl)cc1S(=O)O.O=S(=O)(Cl)c1cc(Oc2c(Cl)cc(Br)cc2Cl)ncc1OCc1ccccc1. The molecule has 0 aliphatic carbocycles. The summed E-state index contributed by atoms with van der Waals surface area (Å²) >= 11 is 28.7. The van der Waals surface area contributed by atoms with Gasteiger partial charge < -0.3 is 23.5 Å². The molecule has 10 nitrogen and oxygen atoms in total. The smallest absolute Gasteiger partial charge is 0.265 e. The number of halogens is 7. The maximum atomic E-state index is 12.0. The van der Waals surface area contributed by atoms with Gasteiger partial charge in [0.05, 0.1) is 39.1 Å². The molecule has 0 bridgehead atoms. The van der Waals surface area contributed by atoms with Crippen LogP contribution in [0.25, 0.3) is 0 Å². The van der Waals surface area contributed by atoms with E-state index in [9.17, 15) is 17.2 Å². The molecule has 0 spiro atoms. The molecule has 0 radical (unpaired) electrons. The van der Waals surface area contributed by atoms with Crippen LogP contribution < -0.4 is 18.9 Å². The van der Waals surface area contributed by atoms with Crippen molar-refractivity contribution < 1.29 is 36.1 Å². The summed E-state index contributed by atoms with van der Waals surface area (Å²) in [5.74, 6) is 0.612. The maximum absolute atomic E-state index is 12.0. The zero-order valence-electron chi connectivity index (χ0n) is 26.5. The maximum Gasteiger partial charge on any atom is 0.265 e. The van der Waals surface area contributed by atoms with Crippen LogP contribution in [0.15, 0.2) is 97.9 Å². The highest BCUT2D eigenvalue weighted by atomic mass is 79.9. The van der Waals surface area contributed by atoms with Crippen LogP contribution in [0.2, 0.25) is 20.1 Å². The van der Waals surface area contributed by atoms with E-state index >= 15 is 0 Å². The van der Waals surface area contributed by atoms with Crippen molar-refractivity contribution in [1.29, 1.82) is 0 Å². The van der Waals surface area contributed by atoms with E-state index in [1.807, 2.05) is 37.3 Å². The van der Waals surface area contributed by atoms with Crippen LogP contribution in [0.4, 0.5) is 0 Å². The van der Waals surface area contributed by atoms with Crippen LogP contribution >= 0.6 is 88.9 Å².